The number of ether oxygens (including phenoxy) is 1. The van der Waals surface area contributed by atoms with Crippen LogP contribution in [-0.2, 0) is 18.3 Å². The molecular formula is C14H16N2O3. The molecule has 0 fully saturated rings. The molecule has 19 heavy (non-hydrogen) atoms. The topological polar surface area (TPSA) is 64.4 Å². The number of carboxylic acid groups (broad SMARTS) is 1. The second-order valence-corrected chi connectivity index (χ2v) is 4.43. The molecule has 0 saturated carbocycles. The summed E-state index contributed by atoms with van der Waals surface area (Å²) in [7, 11) is 3.41. The molecule has 0 aliphatic rings. The maximum Gasteiger partial charge on any atom is 0.307 e. The SMILES string of the molecule is COc1ccc(-c2nn(C)cc2CC(=O)O)cc1C. The molecule has 0 spiro atoms. The van der Waals surface area contributed by atoms with Crippen LogP contribution in [0.25, 0.3) is 11.3 Å². The lowest BCUT2D eigenvalue weighted by Gasteiger charge is -2.06. The van der Waals surface area contributed by atoms with Gasteiger partial charge in [-0.15, -0.1) is 0 Å². The highest BCUT2D eigenvalue weighted by Gasteiger charge is 2.14. The van der Waals surface area contributed by atoms with Gasteiger partial charge in [-0.3, -0.25) is 9.48 Å². The summed E-state index contributed by atoms with van der Waals surface area (Å²) < 4.78 is 6.85. The minimum Gasteiger partial charge on any atom is -0.496 e. The molecule has 5 nitrogen and oxygen atoms in total. The Kier molecular flexibility index (Phi) is 3.55. The maximum atomic E-state index is 10.9. The van der Waals surface area contributed by atoms with Crippen LogP contribution in [0, 0.1) is 6.92 Å². The predicted molar refractivity (Wildman–Crippen MR) is 71.3 cm³/mol. The number of hydrogen-bond donors (Lipinski definition) is 1. The average molecular weight is 260 g/mol. The summed E-state index contributed by atoms with van der Waals surface area (Å²) in [5.41, 5.74) is 3.30. The van der Waals surface area contributed by atoms with Crippen LogP contribution < -0.4 is 4.74 Å². The lowest BCUT2D eigenvalue weighted by atomic mass is 10.0. The summed E-state index contributed by atoms with van der Waals surface area (Å²) in [5, 5.41) is 13.3. The first-order chi connectivity index (χ1) is 9.01. The van der Waals surface area contributed by atoms with E-state index in [4.69, 9.17) is 9.84 Å². The molecule has 0 atom stereocenters. The third-order valence-corrected chi connectivity index (χ3v) is 2.91. The number of aryl methyl sites for hydroxylation is 2. The fraction of sp³-hybridized carbons (Fsp3) is 0.286. The fourth-order valence-electron chi connectivity index (χ4n) is 2.10. The van der Waals surface area contributed by atoms with Gasteiger partial charge in [-0.05, 0) is 30.7 Å². The number of aliphatic carboxylic acids is 1. The molecule has 0 saturated heterocycles. The number of aromatic nitrogens is 2. The second-order valence-electron chi connectivity index (χ2n) is 4.43. The maximum absolute atomic E-state index is 10.9. The summed E-state index contributed by atoms with van der Waals surface area (Å²) in [5.74, 6) is -0.0565. The van der Waals surface area contributed by atoms with Crippen molar-refractivity contribution in [1.82, 2.24) is 9.78 Å². The van der Waals surface area contributed by atoms with Crippen molar-refractivity contribution < 1.29 is 14.6 Å². The van der Waals surface area contributed by atoms with E-state index in [-0.39, 0.29) is 6.42 Å². The molecule has 0 aliphatic carbocycles. The number of hydrogen-bond acceptors (Lipinski definition) is 3. The number of benzene rings is 1. The number of carbonyl (C=O) groups is 1. The van der Waals surface area contributed by atoms with Crippen molar-refractivity contribution in [1.29, 1.82) is 0 Å². The van der Waals surface area contributed by atoms with Crippen molar-refractivity contribution in [3.63, 3.8) is 0 Å². The van der Waals surface area contributed by atoms with Gasteiger partial charge < -0.3 is 9.84 Å². The van der Waals surface area contributed by atoms with Crippen LogP contribution in [0.4, 0.5) is 0 Å². The van der Waals surface area contributed by atoms with Crippen LogP contribution in [0.3, 0.4) is 0 Å². The Hall–Kier alpha value is -2.30. The molecule has 1 aromatic heterocycles. The molecule has 0 amide bonds. The Labute approximate surface area is 111 Å². The molecule has 2 aromatic rings. The predicted octanol–water partition coefficient (Wildman–Crippen LogP) is 2.03. The molecule has 0 bridgehead atoms. The average Bonchev–Trinajstić information content (AvgIpc) is 2.69. The normalized spacial score (nSPS) is 10.5. The van der Waals surface area contributed by atoms with Crippen molar-refractivity contribution >= 4 is 5.97 Å². The van der Waals surface area contributed by atoms with Gasteiger partial charge in [0, 0.05) is 24.4 Å². The zero-order chi connectivity index (χ0) is 14.0. The molecule has 1 aromatic carbocycles. The summed E-state index contributed by atoms with van der Waals surface area (Å²) in [6.07, 6.45) is 1.71. The van der Waals surface area contributed by atoms with Crippen LogP contribution in [0.5, 0.6) is 5.75 Å². The van der Waals surface area contributed by atoms with E-state index in [1.165, 1.54) is 0 Å². The third kappa shape index (κ3) is 2.76. The van der Waals surface area contributed by atoms with Crippen LogP contribution in [-0.4, -0.2) is 28.0 Å². The van der Waals surface area contributed by atoms with Gasteiger partial charge in [0.2, 0.25) is 0 Å². The highest BCUT2D eigenvalue weighted by Crippen LogP contribution is 2.27. The number of carboxylic acids is 1. The van der Waals surface area contributed by atoms with E-state index in [9.17, 15) is 4.79 Å². The Morgan fingerprint density at radius 1 is 1.47 bits per heavy atom. The van der Waals surface area contributed by atoms with Crippen LogP contribution in [0.15, 0.2) is 24.4 Å². The molecular weight excluding hydrogens is 244 g/mol. The first kappa shape index (κ1) is 13.1. The molecule has 2 rings (SSSR count). The van der Waals surface area contributed by atoms with Gasteiger partial charge >= 0.3 is 5.97 Å². The Bertz CT molecular complexity index is 617. The van der Waals surface area contributed by atoms with Gasteiger partial charge in [0.25, 0.3) is 0 Å². The first-order valence-electron chi connectivity index (χ1n) is 5.90. The van der Waals surface area contributed by atoms with Crippen LogP contribution in [0.1, 0.15) is 11.1 Å². The zero-order valence-corrected chi connectivity index (χ0v) is 11.2. The van der Waals surface area contributed by atoms with E-state index in [0.29, 0.717) is 11.3 Å². The van der Waals surface area contributed by atoms with Gasteiger partial charge in [-0.2, -0.15) is 5.10 Å². The van der Waals surface area contributed by atoms with E-state index in [2.05, 4.69) is 5.10 Å². The van der Waals surface area contributed by atoms with E-state index in [0.717, 1.165) is 16.9 Å². The molecule has 5 heteroatoms. The van der Waals surface area contributed by atoms with E-state index in [1.807, 2.05) is 25.1 Å². The standard InChI is InChI=1S/C14H16N2O3/c1-9-6-10(4-5-12(9)19-3)14-11(7-13(17)18)8-16(2)15-14/h4-6,8H,7H2,1-3H3,(H,17,18). The molecule has 1 N–H and O–H groups in total. The van der Waals surface area contributed by atoms with Crippen molar-refractivity contribution in [3.8, 4) is 17.0 Å². The molecule has 0 radical (unpaired) electrons. The number of nitrogens with zero attached hydrogens (tertiary/aromatic N) is 2. The summed E-state index contributed by atoms with van der Waals surface area (Å²) in [6.45, 7) is 1.95. The smallest absolute Gasteiger partial charge is 0.307 e. The van der Waals surface area contributed by atoms with E-state index < -0.39 is 5.97 Å². The van der Waals surface area contributed by atoms with Gasteiger partial charge in [-0.25, -0.2) is 0 Å². The van der Waals surface area contributed by atoms with Crippen LogP contribution >= 0.6 is 0 Å². The number of rotatable bonds is 4. The molecule has 0 unspecified atom stereocenters. The van der Waals surface area contributed by atoms with Crippen molar-refractivity contribution in [3.05, 3.63) is 35.5 Å². The Balaban J connectivity index is 2.46. The van der Waals surface area contributed by atoms with Gasteiger partial charge in [0.15, 0.2) is 0 Å². The lowest BCUT2D eigenvalue weighted by molar-refractivity contribution is -0.136. The summed E-state index contributed by atoms with van der Waals surface area (Å²) >= 11 is 0. The van der Waals surface area contributed by atoms with Crippen molar-refractivity contribution in [2.75, 3.05) is 7.11 Å². The van der Waals surface area contributed by atoms with Crippen LogP contribution in [0.2, 0.25) is 0 Å². The Morgan fingerprint density at radius 2 is 2.21 bits per heavy atom. The van der Waals surface area contributed by atoms with E-state index in [1.54, 1.807) is 25.0 Å². The number of methoxy groups -OCH3 is 1. The molecule has 0 aliphatic heterocycles. The van der Waals surface area contributed by atoms with Gasteiger partial charge in [0.05, 0.1) is 19.2 Å². The fourth-order valence-corrected chi connectivity index (χ4v) is 2.10. The Morgan fingerprint density at radius 3 is 2.79 bits per heavy atom. The van der Waals surface area contributed by atoms with Crippen molar-refractivity contribution in [2.24, 2.45) is 7.05 Å². The lowest BCUT2D eigenvalue weighted by Crippen LogP contribution is -2.00. The largest absolute Gasteiger partial charge is 0.496 e. The summed E-state index contributed by atoms with van der Waals surface area (Å²) in [4.78, 5) is 10.9. The zero-order valence-electron chi connectivity index (χ0n) is 11.2. The minimum absolute atomic E-state index is 0.0335. The van der Waals surface area contributed by atoms with Crippen molar-refractivity contribution in [2.45, 2.75) is 13.3 Å². The molecule has 1 heterocycles. The van der Waals surface area contributed by atoms with E-state index >= 15 is 0 Å². The highest BCUT2D eigenvalue weighted by atomic mass is 16.5. The monoisotopic (exact) mass is 260 g/mol. The second kappa shape index (κ2) is 5.14. The van der Waals surface area contributed by atoms with Gasteiger partial charge in [0.1, 0.15) is 5.75 Å². The summed E-state index contributed by atoms with van der Waals surface area (Å²) in [6, 6.07) is 5.70. The third-order valence-electron chi connectivity index (χ3n) is 2.91. The molecule has 100 valence electrons. The highest BCUT2D eigenvalue weighted by molar-refractivity contribution is 5.75. The van der Waals surface area contributed by atoms with Gasteiger partial charge in [-0.1, -0.05) is 0 Å². The minimum atomic E-state index is -0.862. The first-order valence-corrected chi connectivity index (χ1v) is 5.90. The quantitative estimate of drug-likeness (QED) is 0.913.